The minimum Gasteiger partial charge on any atom is -0.305 e. The third kappa shape index (κ3) is 2.55. The summed E-state index contributed by atoms with van der Waals surface area (Å²) in [4.78, 5) is 29.2. The van der Waals surface area contributed by atoms with Crippen molar-refractivity contribution in [2.75, 3.05) is 17.2 Å². The predicted octanol–water partition coefficient (Wildman–Crippen LogP) is 3.05. The number of pyridine rings is 1. The Bertz CT molecular complexity index is 763. The van der Waals surface area contributed by atoms with Crippen LogP contribution in [0.1, 0.15) is 15.9 Å². The molecule has 22 heavy (non-hydrogen) atoms. The number of aryl methyl sites for hydroxylation is 1. The van der Waals surface area contributed by atoms with E-state index in [1.807, 2.05) is 6.07 Å². The second-order valence-electron chi connectivity index (χ2n) is 4.89. The van der Waals surface area contributed by atoms with Crippen LogP contribution >= 0.6 is 11.8 Å². The molecule has 0 N–H and O–H groups in total. The van der Waals surface area contributed by atoms with Crippen LogP contribution in [0.2, 0.25) is 0 Å². The number of nitrogens with zero attached hydrogens (tertiary/aromatic N) is 3. The predicted molar refractivity (Wildman–Crippen MR) is 84.5 cm³/mol. The molecule has 1 aromatic heterocycles. The van der Waals surface area contributed by atoms with Crippen molar-refractivity contribution in [3.8, 4) is 0 Å². The van der Waals surface area contributed by atoms with Crippen molar-refractivity contribution in [2.24, 2.45) is 0 Å². The molecule has 0 radical (unpaired) electrons. The van der Waals surface area contributed by atoms with Gasteiger partial charge in [0.25, 0.3) is 11.6 Å². The Morgan fingerprint density at radius 1 is 1.41 bits per heavy atom. The molecule has 0 spiro atoms. The molecule has 0 unspecified atom stereocenters. The van der Waals surface area contributed by atoms with Crippen LogP contribution < -0.4 is 4.90 Å². The Morgan fingerprint density at radius 3 is 3.00 bits per heavy atom. The highest BCUT2D eigenvalue weighted by Crippen LogP contribution is 2.33. The molecule has 2 heterocycles. The maximum Gasteiger partial charge on any atom is 0.270 e. The van der Waals surface area contributed by atoms with Crippen molar-refractivity contribution in [3.63, 3.8) is 0 Å². The highest BCUT2D eigenvalue weighted by molar-refractivity contribution is 7.99. The summed E-state index contributed by atoms with van der Waals surface area (Å²) in [6.45, 7) is 2.34. The maximum atomic E-state index is 12.8. The van der Waals surface area contributed by atoms with Crippen molar-refractivity contribution >= 4 is 29.0 Å². The standard InChI is InChI=1S/C15H13N3O3S/c1-10-4-5-11(18(20)21)9-12(10)15(19)17-7-8-22-14-13(17)3-2-6-16-14/h2-6,9H,7-8H2,1H3. The number of hydrogen-bond donors (Lipinski definition) is 0. The molecule has 6 nitrogen and oxygen atoms in total. The second kappa shape index (κ2) is 5.76. The summed E-state index contributed by atoms with van der Waals surface area (Å²) in [5, 5.41) is 11.7. The van der Waals surface area contributed by atoms with E-state index in [1.54, 1.807) is 41.9 Å². The lowest BCUT2D eigenvalue weighted by Gasteiger charge is -2.28. The minimum atomic E-state index is -0.488. The average Bonchev–Trinajstić information content (AvgIpc) is 2.54. The van der Waals surface area contributed by atoms with Gasteiger partial charge in [0, 0.05) is 36.2 Å². The Labute approximate surface area is 131 Å². The maximum absolute atomic E-state index is 12.8. The zero-order valence-corrected chi connectivity index (χ0v) is 12.7. The molecular weight excluding hydrogens is 302 g/mol. The number of fused-ring (bicyclic) bond motifs is 1. The first-order valence-electron chi connectivity index (χ1n) is 6.72. The first kappa shape index (κ1) is 14.5. The Hall–Kier alpha value is -2.41. The number of anilines is 1. The number of nitro benzene ring substituents is 1. The van der Waals surface area contributed by atoms with Gasteiger partial charge < -0.3 is 4.90 Å². The fourth-order valence-electron chi connectivity index (χ4n) is 2.36. The van der Waals surface area contributed by atoms with Crippen molar-refractivity contribution in [1.29, 1.82) is 0 Å². The molecular formula is C15H13N3O3S. The van der Waals surface area contributed by atoms with E-state index >= 15 is 0 Å². The lowest BCUT2D eigenvalue weighted by Crippen LogP contribution is -2.36. The lowest BCUT2D eigenvalue weighted by atomic mass is 10.1. The molecule has 7 heteroatoms. The Balaban J connectivity index is 2.02. The first-order valence-corrected chi connectivity index (χ1v) is 7.71. The van der Waals surface area contributed by atoms with Crippen LogP contribution in [0.4, 0.5) is 11.4 Å². The SMILES string of the molecule is Cc1ccc([N+](=O)[O-])cc1C(=O)N1CCSc2ncccc21. The number of hydrogen-bond acceptors (Lipinski definition) is 5. The fraction of sp³-hybridized carbons (Fsp3) is 0.200. The van der Waals surface area contributed by atoms with E-state index in [1.165, 1.54) is 12.1 Å². The summed E-state index contributed by atoms with van der Waals surface area (Å²) in [5.74, 6) is 0.528. The number of nitro groups is 1. The summed E-state index contributed by atoms with van der Waals surface area (Å²) >= 11 is 1.60. The number of carbonyl (C=O) groups excluding carboxylic acids is 1. The number of aromatic nitrogens is 1. The van der Waals surface area contributed by atoms with Gasteiger partial charge in [-0.1, -0.05) is 6.07 Å². The second-order valence-corrected chi connectivity index (χ2v) is 5.97. The normalized spacial score (nSPS) is 13.6. The van der Waals surface area contributed by atoms with Gasteiger partial charge in [-0.05, 0) is 24.6 Å². The van der Waals surface area contributed by atoms with Crippen LogP contribution in [0.15, 0.2) is 41.6 Å². The monoisotopic (exact) mass is 315 g/mol. The van der Waals surface area contributed by atoms with E-state index in [-0.39, 0.29) is 11.6 Å². The Morgan fingerprint density at radius 2 is 2.23 bits per heavy atom. The number of amides is 1. The van der Waals surface area contributed by atoms with Crippen LogP contribution in [-0.4, -0.2) is 28.1 Å². The van der Waals surface area contributed by atoms with Crippen LogP contribution in [-0.2, 0) is 0 Å². The number of thioether (sulfide) groups is 1. The van der Waals surface area contributed by atoms with Gasteiger partial charge in [0.2, 0.25) is 0 Å². The summed E-state index contributed by atoms with van der Waals surface area (Å²) in [5.41, 5.74) is 1.76. The van der Waals surface area contributed by atoms with E-state index < -0.39 is 4.92 Å². The van der Waals surface area contributed by atoms with Gasteiger partial charge in [0.1, 0.15) is 5.03 Å². The van der Waals surface area contributed by atoms with Gasteiger partial charge in [0.05, 0.1) is 10.6 Å². The molecule has 2 aromatic rings. The average molecular weight is 315 g/mol. The summed E-state index contributed by atoms with van der Waals surface area (Å²) < 4.78 is 0. The molecule has 1 aliphatic heterocycles. The number of carbonyl (C=O) groups is 1. The summed E-state index contributed by atoms with van der Waals surface area (Å²) in [6.07, 6.45) is 1.69. The van der Waals surface area contributed by atoms with E-state index in [2.05, 4.69) is 4.98 Å². The molecule has 0 saturated heterocycles. The van der Waals surface area contributed by atoms with Crippen molar-refractivity contribution in [2.45, 2.75) is 11.9 Å². The van der Waals surface area contributed by atoms with Crippen LogP contribution in [0.25, 0.3) is 0 Å². The minimum absolute atomic E-state index is 0.0771. The molecule has 1 aromatic carbocycles. The van der Waals surface area contributed by atoms with Gasteiger partial charge in [-0.2, -0.15) is 0 Å². The fourth-order valence-corrected chi connectivity index (χ4v) is 3.29. The van der Waals surface area contributed by atoms with Crippen LogP contribution in [0, 0.1) is 17.0 Å². The van der Waals surface area contributed by atoms with E-state index in [0.717, 1.165) is 22.0 Å². The zero-order valence-electron chi connectivity index (χ0n) is 11.9. The molecule has 0 fully saturated rings. The molecule has 112 valence electrons. The van der Waals surface area contributed by atoms with Gasteiger partial charge in [-0.25, -0.2) is 4.98 Å². The number of non-ortho nitro benzene ring substituents is 1. The quantitative estimate of drug-likeness (QED) is 0.629. The highest BCUT2D eigenvalue weighted by Gasteiger charge is 2.26. The molecule has 1 aliphatic rings. The number of rotatable bonds is 2. The zero-order chi connectivity index (χ0) is 15.7. The van der Waals surface area contributed by atoms with Crippen LogP contribution in [0.5, 0.6) is 0 Å². The smallest absolute Gasteiger partial charge is 0.270 e. The number of benzene rings is 1. The summed E-state index contributed by atoms with van der Waals surface area (Å²) in [7, 11) is 0. The largest absolute Gasteiger partial charge is 0.305 e. The van der Waals surface area contributed by atoms with E-state index in [0.29, 0.717) is 12.1 Å². The van der Waals surface area contributed by atoms with Crippen molar-refractivity contribution < 1.29 is 9.72 Å². The first-order chi connectivity index (χ1) is 10.6. The van der Waals surface area contributed by atoms with Gasteiger partial charge in [-0.3, -0.25) is 14.9 Å². The van der Waals surface area contributed by atoms with E-state index in [9.17, 15) is 14.9 Å². The van der Waals surface area contributed by atoms with Gasteiger partial charge in [0.15, 0.2) is 0 Å². The van der Waals surface area contributed by atoms with Gasteiger partial charge in [-0.15, -0.1) is 11.8 Å². The molecule has 0 aliphatic carbocycles. The van der Waals surface area contributed by atoms with Crippen LogP contribution in [0.3, 0.4) is 0 Å². The van der Waals surface area contributed by atoms with Crippen molar-refractivity contribution in [1.82, 2.24) is 4.98 Å². The highest BCUT2D eigenvalue weighted by atomic mass is 32.2. The molecule has 0 bridgehead atoms. The van der Waals surface area contributed by atoms with Gasteiger partial charge >= 0.3 is 0 Å². The topological polar surface area (TPSA) is 76.3 Å². The molecule has 0 atom stereocenters. The molecule has 0 saturated carbocycles. The van der Waals surface area contributed by atoms with Crippen molar-refractivity contribution in [3.05, 3.63) is 57.8 Å². The Kier molecular flexibility index (Phi) is 3.81. The third-order valence-corrected chi connectivity index (χ3v) is 4.48. The molecule has 1 amide bonds. The third-order valence-electron chi connectivity index (χ3n) is 3.50. The molecule has 3 rings (SSSR count). The van der Waals surface area contributed by atoms with E-state index in [4.69, 9.17) is 0 Å². The lowest BCUT2D eigenvalue weighted by molar-refractivity contribution is -0.384. The summed E-state index contributed by atoms with van der Waals surface area (Å²) in [6, 6.07) is 7.99.